The van der Waals surface area contributed by atoms with Crippen LogP contribution in [0.2, 0.25) is 0 Å². The number of benzene rings is 1. The van der Waals surface area contributed by atoms with Gasteiger partial charge in [0.2, 0.25) is 5.91 Å². The molecule has 5 rings (SSSR count). The molecule has 31 heavy (non-hydrogen) atoms. The molecule has 2 aliphatic rings. The summed E-state index contributed by atoms with van der Waals surface area (Å²) in [6.07, 6.45) is 9.00. The molecule has 1 fully saturated rings. The third-order valence-electron chi connectivity index (χ3n) is 6.75. The fourth-order valence-corrected chi connectivity index (χ4v) is 5.13. The van der Waals surface area contributed by atoms with Crippen molar-refractivity contribution in [1.29, 1.82) is 0 Å². The van der Waals surface area contributed by atoms with Gasteiger partial charge in [-0.05, 0) is 62.3 Å². The maximum atomic E-state index is 11.3. The maximum Gasteiger partial charge on any atom is 0.237 e. The van der Waals surface area contributed by atoms with Crippen LogP contribution < -0.4 is 10.5 Å². The molecule has 1 amide bonds. The molecule has 7 heteroatoms. The van der Waals surface area contributed by atoms with Crippen molar-refractivity contribution in [3.8, 4) is 5.75 Å². The molecule has 1 aliphatic heterocycles. The number of rotatable bonds is 6. The minimum Gasteiger partial charge on any atom is -0.490 e. The highest BCUT2D eigenvalue weighted by Crippen LogP contribution is 2.30. The Kier molecular flexibility index (Phi) is 5.44. The fourth-order valence-electron chi connectivity index (χ4n) is 5.13. The van der Waals surface area contributed by atoms with Crippen LogP contribution in [-0.2, 0) is 37.8 Å². The molecule has 164 valence electrons. The second kappa shape index (κ2) is 8.38. The third-order valence-corrected chi connectivity index (χ3v) is 6.75. The summed E-state index contributed by atoms with van der Waals surface area (Å²) in [5.41, 5.74) is 10.6. The van der Waals surface area contributed by atoms with Gasteiger partial charge >= 0.3 is 0 Å². The topological polar surface area (TPSA) is 78.3 Å². The number of nitrogens with zero attached hydrogens (tertiary/aromatic N) is 4. The van der Waals surface area contributed by atoms with Gasteiger partial charge in [-0.25, -0.2) is 0 Å². The molecule has 0 atom stereocenters. The number of likely N-dealkylation sites (tertiary alicyclic amines) is 1. The van der Waals surface area contributed by atoms with Crippen LogP contribution in [0.15, 0.2) is 30.5 Å². The van der Waals surface area contributed by atoms with Crippen LogP contribution in [0, 0.1) is 0 Å². The summed E-state index contributed by atoms with van der Waals surface area (Å²) in [7, 11) is 2.09. The van der Waals surface area contributed by atoms with Gasteiger partial charge in [0.05, 0.1) is 16.9 Å². The van der Waals surface area contributed by atoms with Crippen molar-refractivity contribution in [3.63, 3.8) is 0 Å². The maximum absolute atomic E-state index is 11.3. The molecular formula is C24H31N5O2. The molecule has 3 heterocycles. The molecule has 1 aliphatic carbocycles. The van der Waals surface area contributed by atoms with Crippen molar-refractivity contribution in [2.24, 2.45) is 12.8 Å². The van der Waals surface area contributed by atoms with Crippen LogP contribution in [0.25, 0.3) is 10.9 Å². The van der Waals surface area contributed by atoms with E-state index in [0.29, 0.717) is 0 Å². The van der Waals surface area contributed by atoms with Crippen molar-refractivity contribution < 1.29 is 9.53 Å². The van der Waals surface area contributed by atoms with Gasteiger partial charge in [-0.2, -0.15) is 5.10 Å². The predicted molar refractivity (Wildman–Crippen MR) is 120 cm³/mol. The Labute approximate surface area is 182 Å². The smallest absolute Gasteiger partial charge is 0.237 e. The number of ether oxygens (including phenoxy) is 1. The Hall–Kier alpha value is -2.80. The summed E-state index contributed by atoms with van der Waals surface area (Å²) < 4.78 is 10.4. The Bertz CT molecular complexity index is 1090. The lowest BCUT2D eigenvalue weighted by Crippen LogP contribution is -2.38. The zero-order chi connectivity index (χ0) is 21.4. The molecule has 1 saturated heterocycles. The van der Waals surface area contributed by atoms with Crippen molar-refractivity contribution in [3.05, 3.63) is 47.4 Å². The third kappa shape index (κ3) is 4.06. The predicted octanol–water partition coefficient (Wildman–Crippen LogP) is 2.78. The van der Waals surface area contributed by atoms with Crippen LogP contribution >= 0.6 is 0 Å². The highest BCUT2D eigenvalue weighted by Gasteiger charge is 2.25. The molecule has 0 bridgehead atoms. The molecule has 3 aromatic rings. The molecule has 2 N–H and O–H groups in total. The van der Waals surface area contributed by atoms with E-state index in [1.807, 2.05) is 35.0 Å². The number of aryl methyl sites for hydroxylation is 2. The summed E-state index contributed by atoms with van der Waals surface area (Å²) in [5.74, 6) is 0.547. The van der Waals surface area contributed by atoms with Gasteiger partial charge < -0.3 is 15.0 Å². The van der Waals surface area contributed by atoms with E-state index < -0.39 is 0 Å². The highest BCUT2D eigenvalue weighted by atomic mass is 16.5. The molecule has 0 radical (unpaired) electrons. The summed E-state index contributed by atoms with van der Waals surface area (Å²) >= 11 is 0. The van der Waals surface area contributed by atoms with Gasteiger partial charge in [0.1, 0.15) is 18.4 Å². The number of hydrogen-bond donors (Lipinski definition) is 1. The number of fused-ring (bicyclic) bond motifs is 2. The first-order chi connectivity index (χ1) is 15.1. The normalized spacial score (nSPS) is 17.7. The Morgan fingerprint density at radius 3 is 2.81 bits per heavy atom. The molecule has 2 aromatic heterocycles. The second-order valence-corrected chi connectivity index (χ2v) is 8.89. The van der Waals surface area contributed by atoms with Gasteiger partial charge in [-0.15, -0.1) is 0 Å². The van der Waals surface area contributed by atoms with Gasteiger partial charge in [-0.1, -0.05) is 6.07 Å². The molecule has 0 saturated carbocycles. The lowest BCUT2D eigenvalue weighted by atomic mass is 9.95. The van der Waals surface area contributed by atoms with Crippen molar-refractivity contribution in [2.45, 2.75) is 57.7 Å². The van der Waals surface area contributed by atoms with Crippen LogP contribution in [-0.4, -0.2) is 44.3 Å². The number of primary amides is 1. The summed E-state index contributed by atoms with van der Waals surface area (Å²) in [6.45, 7) is 3.23. The van der Waals surface area contributed by atoms with E-state index in [-0.39, 0.29) is 18.6 Å². The van der Waals surface area contributed by atoms with E-state index in [9.17, 15) is 4.79 Å². The lowest BCUT2D eigenvalue weighted by Gasteiger charge is -2.32. The molecule has 0 unspecified atom stereocenters. The van der Waals surface area contributed by atoms with Gasteiger partial charge in [0.15, 0.2) is 0 Å². The van der Waals surface area contributed by atoms with Crippen LogP contribution in [0.5, 0.6) is 5.75 Å². The molecule has 7 nitrogen and oxygen atoms in total. The van der Waals surface area contributed by atoms with E-state index in [1.165, 1.54) is 36.2 Å². The molecule has 1 aromatic carbocycles. The minimum atomic E-state index is -0.342. The van der Waals surface area contributed by atoms with E-state index in [0.717, 1.165) is 55.5 Å². The monoisotopic (exact) mass is 421 g/mol. The number of carbonyl (C=O) groups is 1. The first-order valence-electron chi connectivity index (χ1n) is 11.4. The Balaban J connectivity index is 1.22. The van der Waals surface area contributed by atoms with E-state index in [1.54, 1.807) is 0 Å². The number of aromatic nitrogens is 3. The fraction of sp³-hybridized carbons (Fsp3) is 0.500. The van der Waals surface area contributed by atoms with Crippen molar-refractivity contribution in [1.82, 2.24) is 19.2 Å². The standard InChI is InChI=1S/C24H31N5O2/c1-27-22(18-5-2-3-6-20(18)26-27)15-28-12-9-17(10-13-28)31-23-8-4-7-21-19(23)11-14-29(21)16-24(25)30/h4,7-8,11,14,17H,2-3,5-6,9-10,12-13,15-16H2,1H3,(H2,25,30). The van der Waals surface area contributed by atoms with Crippen LogP contribution in [0.1, 0.15) is 42.6 Å². The zero-order valence-corrected chi connectivity index (χ0v) is 18.2. The van der Waals surface area contributed by atoms with Crippen molar-refractivity contribution >= 4 is 16.8 Å². The number of amides is 1. The molecule has 0 spiro atoms. The quantitative estimate of drug-likeness (QED) is 0.664. The van der Waals surface area contributed by atoms with Gasteiger partial charge in [0, 0.05) is 38.3 Å². The summed E-state index contributed by atoms with van der Waals surface area (Å²) in [5, 5.41) is 5.81. The first kappa shape index (κ1) is 20.1. The summed E-state index contributed by atoms with van der Waals surface area (Å²) in [4.78, 5) is 13.9. The van der Waals surface area contributed by atoms with Crippen LogP contribution in [0.3, 0.4) is 0 Å². The van der Waals surface area contributed by atoms with E-state index in [2.05, 4.69) is 16.6 Å². The number of nitrogens with two attached hydrogens (primary N) is 1. The van der Waals surface area contributed by atoms with Gasteiger partial charge in [0.25, 0.3) is 0 Å². The largest absolute Gasteiger partial charge is 0.490 e. The van der Waals surface area contributed by atoms with E-state index >= 15 is 0 Å². The Morgan fingerprint density at radius 1 is 1.19 bits per heavy atom. The second-order valence-electron chi connectivity index (χ2n) is 8.89. The summed E-state index contributed by atoms with van der Waals surface area (Å²) in [6, 6.07) is 8.01. The number of carbonyl (C=O) groups excluding carboxylic acids is 1. The molecular weight excluding hydrogens is 390 g/mol. The number of piperidine rings is 1. The average molecular weight is 422 g/mol. The average Bonchev–Trinajstić information content (AvgIpc) is 3.31. The highest BCUT2D eigenvalue weighted by molar-refractivity contribution is 5.87. The minimum absolute atomic E-state index is 0.184. The SMILES string of the molecule is Cn1nc2c(c1CN1CCC(Oc3cccc4c3ccn4CC(N)=O)CC1)CCCC2. The Morgan fingerprint density at radius 2 is 2.00 bits per heavy atom. The van der Waals surface area contributed by atoms with Crippen LogP contribution in [0.4, 0.5) is 0 Å². The zero-order valence-electron chi connectivity index (χ0n) is 18.2. The first-order valence-corrected chi connectivity index (χ1v) is 11.4. The number of hydrogen-bond acceptors (Lipinski definition) is 4. The van der Waals surface area contributed by atoms with Gasteiger partial charge in [-0.3, -0.25) is 14.4 Å². The lowest BCUT2D eigenvalue weighted by molar-refractivity contribution is -0.118. The van der Waals surface area contributed by atoms with Crippen molar-refractivity contribution in [2.75, 3.05) is 13.1 Å². The van der Waals surface area contributed by atoms with E-state index in [4.69, 9.17) is 15.6 Å².